The fraction of sp³-hybridized carbons (Fsp3) is 0.273. The summed E-state index contributed by atoms with van der Waals surface area (Å²) in [6.45, 7) is 8.76. The van der Waals surface area contributed by atoms with Crippen LogP contribution in [-0.4, -0.2) is 0 Å². The lowest BCUT2D eigenvalue weighted by molar-refractivity contribution is 0.849. The minimum Gasteiger partial charge on any atom is -0.134 e. The number of fused-ring (bicyclic) bond motifs is 9. The summed E-state index contributed by atoms with van der Waals surface area (Å²) in [6, 6.07) is 28.3. The van der Waals surface area contributed by atoms with Gasteiger partial charge < -0.3 is 0 Å². The van der Waals surface area contributed by atoms with Crippen molar-refractivity contribution in [3.05, 3.63) is 117 Å². The molecule has 0 radical (unpaired) electrons. The highest BCUT2D eigenvalue weighted by atomic mass is 32.2. The first-order chi connectivity index (χ1) is 24.4. The summed E-state index contributed by atoms with van der Waals surface area (Å²) in [6.07, 6.45) is 14.1. The fourth-order valence-corrected chi connectivity index (χ4v) is 14.4. The normalized spacial score (nSPS) is 12.5. The van der Waals surface area contributed by atoms with E-state index in [9.17, 15) is 0 Å². The van der Waals surface area contributed by atoms with Crippen LogP contribution in [0.25, 0.3) is 40.7 Å². The molecule has 4 aromatic heterocycles. The Morgan fingerprint density at radius 1 is 0.600 bits per heavy atom. The quantitative estimate of drug-likeness (QED) is 0.0898. The molecule has 8 rings (SSSR count). The van der Waals surface area contributed by atoms with Crippen molar-refractivity contribution in [2.24, 2.45) is 0 Å². The first kappa shape index (κ1) is 34.5. The molecule has 7 aromatic rings. The Balaban J connectivity index is 1.03. The average molecular weight is 763 g/mol. The lowest BCUT2D eigenvalue weighted by atomic mass is 9.91. The molecule has 0 fully saturated rings. The predicted octanol–water partition coefficient (Wildman–Crippen LogP) is 16.0. The minimum absolute atomic E-state index is 1.13. The summed E-state index contributed by atoms with van der Waals surface area (Å²) in [5, 5.41) is 4.17. The topological polar surface area (TPSA) is 0 Å². The van der Waals surface area contributed by atoms with E-state index >= 15 is 0 Å². The van der Waals surface area contributed by atoms with Gasteiger partial charge in [-0.3, -0.25) is 0 Å². The number of unbranched alkanes of at least 4 members (excludes halogenated alkanes) is 2. The maximum Gasteiger partial charge on any atom is 0.0649 e. The summed E-state index contributed by atoms with van der Waals surface area (Å²) < 4.78 is 7.23. The van der Waals surface area contributed by atoms with Gasteiger partial charge in [0.05, 0.1) is 17.8 Å². The van der Waals surface area contributed by atoms with Crippen LogP contribution in [0.3, 0.4) is 0 Å². The van der Waals surface area contributed by atoms with Crippen LogP contribution in [0, 0.1) is 0 Å². The number of thiophene rings is 4. The van der Waals surface area contributed by atoms with Crippen LogP contribution in [0.1, 0.15) is 74.3 Å². The number of allylic oxidation sites excluding steroid dienone is 4. The molecular weight excluding hydrogens is 721 g/mol. The number of aryl methyl sites for hydroxylation is 4. The molecule has 0 bridgehead atoms. The lowest BCUT2D eigenvalue weighted by Gasteiger charge is -2.17. The largest absolute Gasteiger partial charge is 0.134 e. The Hall–Kier alpha value is -2.58. The standard InChI is InChI=1S/C44H42S6/c1-27(2)9-5-7-11-31-19-23-39(45-31)47-33-17-13-29-15-21-35-41(37(29)25-33)49-44-36-22-16-30-14-18-34(26-38(30)42(36)50-43(35)44)48-40-24-20-32(46-40)12-8-6-10-28(3)4/h9-10,13-15,17-21,23-26H,5-8,11-12,16,22H2,1-4H3. The number of hydrogen-bond acceptors (Lipinski definition) is 6. The summed E-state index contributed by atoms with van der Waals surface area (Å²) >= 11 is 11.8. The van der Waals surface area contributed by atoms with E-state index in [1.165, 1.54) is 124 Å². The molecular formula is C44H42S6. The van der Waals surface area contributed by atoms with Crippen LogP contribution in [0.4, 0.5) is 0 Å². The van der Waals surface area contributed by atoms with Gasteiger partial charge in [-0.05, 0) is 150 Å². The van der Waals surface area contributed by atoms with Crippen LogP contribution < -0.4 is 0 Å². The molecule has 0 nitrogen and oxygen atoms in total. The third-order valence-electron chi connectivity index (χ3n) is 9.39. The molecule has 0 atom stereocenters. The zero-order chi connectivity index (χ0) is 34.2. The molecule has 50 heavy (non-hydrogen) atoms. The van der Waals surface area contributed by atoms with Crippen molar-refractivity contribution in [1.29, 1.82) is 0 Å². The molecule has 0 saturated heterocycles. The van der Waals surface area contributed by atoms with Crippen molar-refractivity contribution in [3.63, 3.8) is 0 Å². The Bertz CT molecular complexity index is 2380. The molecule has 3 aromatic carbocycles. The zero-order valence-electron chi connectivity index (χ0n) is 29.2. The SMILES string of the molecule is CC(C)=CCCCc1ccc(Sc2ccc3c(c2)-c2sc4c(sc5c6cc(Sc7ccc(CCCC=C(C)C)s7)ccc6ccc45)c2CC3)s1. The van der Waals surface area contributed by atoms with Gasteiger partial charge in [0, 0.05) is 39.9 Å². The van der Waals surface area contributed by atoms with Gasteiger partial charge in [0.1, 0.15) is 0 Å². The van der Waals surface area contributed by atoms with Gasteiger partial charge in [-0.2, -0.15) is 0 Å². The summed E-state index contributed by atoms with van der Waals surface area (Å²) in [5.74, 6) is 0. The van der Waals surface area contributed by atoms with Crippen LogP contribution in [0.5, 0.6) is 0 Å². The Kier molecular flexibility index (Phi) is 10.5. The van der Waals surface area contributed by atoms with Crippen molar-refractivity contribution >= 4 is 99.1 Å². The number of benzene rings is 3. The first-order valence-corrected chi connectivity index (χ1v) is 22.6. The smallest absolute Gasteiger partial charge is 0.0649 e. The van der Waals surface area contributed by atoms with Crippen molar-refractivity contribution in [3.8, 4) is 10.4 Å². The van der Waals surface area contributed by atoms with E-state index in [1.807, 2.05) is 68.9 Å². The third-order valence-corrected chi connectivity index (χ3v) is 16.7. The van der Waals surface area contributed by atoms with Crippen molar-refractivity contribution in [1.82, 2.24) is 0 Å². The van der Waals surface area contributed by atoms with Crippen LogP contribution in [0.2, 0.25) is 0 Å². The van der Waals surface area contributed by atoms with Crippen molar-refractivity contribution in [2.75, 3.05) is 0 Å². The van der Waals surface area contributed by atoms with Crippen LogP contribution >= 0.6 is 68.9 Å². The maximum absolute atomic E-state index is 2.48. The highest BCUT2D eigenvalue weighted by molar-refractivity contribution is 8.01. The molecule has 0 amide bonds. The molecule has 254 valence electrons. The number of hydrogen-bond donors (Lipinski definition) is 0. The second-order valence-corrected chi connectivity index (χ2v) is 20.9. The van der Waals surface area contributed by atoms with Gasteiger partial charge >= 0.3 is 0 Å². The molecule has 0 aliphatic heterocycles. The molecule has 1 aliphatic carbocycles. The molecule has 0 unspecified atom stereocenters. The van der Waals surface area contributed by atoms with E-state index in [4.69, 9.17) is 0 Å². The van der Waals surface area contributed by atoms with Gasteiger partial charge in [0.2, 0.25) is 0 Å². The predicted molar refractivity (Wildman–Crippen MR) is 229 cm³/mol. The first-order valence-electron chi connectivity index (χ1n) is 17.7. The number of rotatable bonds is 12. The van der Waals surface area contributed by atoms with E-state index in [0.717, 1.165) is 12.8 Å². The van der Waals surface area contributed by atoms with Gasteiger partial charge in [-0.1, -0.05) is 71.1 Å². The molecule has 4 heterocycles. The molecule has 6 heteroatoms. The molecule has 1 aliphatic rings. The summed E-state index contributed by atoms with van der Waals surface area (Å²) in [5.41, 5.74) is 7.38. The fourth-order valence-electron chi connectivity index (χ4n) is 6.87. The minimum atomic E-state index is 1.13. The summed E-state index contributed by atoms with van der Waals surface area (Å²) in [7, 11) is 0. The second kappa shape index (κ2) is 15.2. The average Bonchev–Trinajstić information content (AvgIpc) is 3.90. The van der Waals surface area contributed by atoms with Crippen LogP contribution in [-0.2, 0) is 25.7 Å². The Labute approximate surface area is 321 Å². The lowest BCUT2D eigenvalue weighted by Crippen LogP contribution is -2.01. The zero-order valence-corrected chi connectivity index (χ0v) is 34.1. The Morgan fingerprint density at radius 3 is 1.92 bits per heavy atom. The van der Waals surface area contributed by atoms with Gasteiger partial charge in [-0.25, -0.2) is 0 Å². The molecule has 0 N–H and O–H groups in total. The molecule has 0 spiro atoms. The Morgan fingerprint density at radius 2 is 1.24 bits per heavy atom. The highest BCUT2D eigenvalue weighted by Gasteiger charge is 2.25. The summed E-state index contributed by atoms with van der Waals surface area (Å²) in [4.78, 5) is 7.19. The van der Waals surface area contributed by atoms with Crippen molar-refractivity contribution < 1.29 is 0 Å². The van der Waals surface area contributed by atoms with Gasteiger partial charge in [0.25, 0.3) is 0 Å². The maximum atomic E-state index is 2.48. The van der Waals surface area contributed by atoms with Crippen molar-refractivity contribution in [2.45, 2.75) is 97.3 Å². The van der Waals surface area contributed by atoms with Gasteiger partial charge in [-0.15, -0.1) is 45.3 Å². The second-order valence-electron chi connectivity index (χ2n) is 13.8. The van der Waals surface area contributed by atoms with E-state index in [1.54, 1.807) is 5.56 Å². The third kappa shape index (κ3) is 7.49. The monoisotopic (exact) mass is 762 g/mol. The van der Waals surface area contributed by atoms with E-state index in [2.05, 4.69) is 113 Å². The van der Waals surface area contributed by atoms with E-state index in [0.29, 0.717) is 0 Å². The van der Waals surface area contributed by atoms with Crippen LogP contribution in [0.15, 0.2) is 114 Å². The molecule has 0 saturated carbocycles. The van der Waals surface area contributed by atoms with E-state index in [-0.39, 0.29) is 0 Å². The highest BCUT2D eigenvalue weighted by Crippen LogP contribution is 2.52. The van der Waals surface area contributed by atoms with Gasteiger partial charge in [0.15, 0.2) is 0 Å². The van der Waals surface area contributed by atoms with E-state index < -0.39 is 0 Å².